The van der Waals surface area contributed by atoms with Crippen molar-refractivity contribution in [3.05, 3.63) is 27.7 Å². The molecule has 0 saturated heterocycles. The fourth-order valence-corrected chi connectivity index (χ4v) is 2.70. The van der Waals surface area contributed by atoms with Gasteiger partial charge >= 0.3 is 5.76 Å². The number of fused-ring (bicyclic) bond motifs is 1. The van der Waals surface area contributed by atoms with Gasteiger partial charge in [-0.05, 0) is 12.1 Å². The van der Waals surface area contributed by atoms with E-state index in [2.05, 4.69) is 9.40 Å². The van der Waals surface area contributed by atoms with Crippen molar-refractivity contribution in [3.8, 4) is 0 Å². The zero-order valence-electron chi connectivity index (χ0n) is 6.95. The summed E-state index contributed by atoms with van der Waals surface area (Å²) in [6.07, 6.45) is 0. The molecule has 0 atom stereocenters. The lowest BCUT2D eigenvalue weighted by Crippen LogP contribution is -1.92. The molecule has 0 aliphatic heterocycles. The second-order valence-electron chi connectivity index (χ2n) is 2.71. The lowest BCUT2D eigenvalue weighted by Gasteiger charge is -1.98. The van der Waals surface area contributed by atoms with Gasteiger partial charge in [-0.15, -0.1) is 0 Å². The highest BCUT2D eigenvalue weighted by Crippen LogP contribution is 2.30. The van der Waals surface area contributed by atoms with Gasteiger partial charge in [0.15, 0.2) is 5.58 Å². The summed E-state index contributed by atoms with van der Waals surface area (Å²) in [5.41, 5.74) is 0.289. The number of benzene rings is 1. The minimum Gasteiger partial charge on any atom is -0.406 e. The molecule has 1 aromatic heterocycles. The Labute approximate surface area is 93.0 Å². The summed E-state index contributed by atoms with van der Waals surface area (Å²) < 4.78 is 26.8. The van der Waals surface area contributed by atoms with E-state index in [1.165, 1.54) is 12.1 Å². The lowest BCUT2D eigenvalue weighted by molar-refractivity contribution is 0.554. The summed E-state index contributed by atoms with van der Waals surface area (Å²) in [6.45, 7) is 0. The molecule has 0 radical (unpaired) electrons. The van der Waals surface area contributed by atoms with Crippen molar-refractivity contribution >= 4 is 42.4 Å². The Hall–Kier alpha value is -0.980. The van der Waals surface area contributed by atoms with Crippen LogP contribution in [0, 0.1) is 0 Å². The third-order valence-electron chi connectivity index (χ3n) is 1.76. The summed E-state index contributed by atoms with van der Waals surface area (Å²) >= 11 is 5.72. The van der Waals surface area contributed by atoms with Crippen molar-refractivity contribution in [1.82, 2.24) is 4.98 Å². The minimum absolute atomic E-state index is 0.0246. The number of H-pyrrole nitrogens is 1. The maximum Gasteiger partial charge on any atom is 0.417 e. The van der Waals surface area contributed by atoms with Crippen molar-refractivity contribution in [1.29, 1.82) is 0 Å². The minimum atomic E-state index is -3.95. The smallest absolute Gasteiger partial charge is 0.406 e. The van der Waals surface area contributed by atoms with Gasteiger partial charge in [-0.2, -0.15) is 0 Å². The van der Waals surface area contributed by atoms with Gasteiger partial charge in [0, 0.05) is 10.7 Å². The lowest BCUT2D eigenvalue weighted by atomic mass is 10.3. The molecule has 0 spiro atoms. The Morgan fingerprint density at radius 3 is 2.60 bits per heavy atom. The SMILES string of the molecule is O=c1[nH]c2ccc(S(=O)(=O)Cl)c(Cl)c2o1. The second-order valence-corrected chi connectivity index (χ2v) is 5.62. The molecule has 15 heavy (non-hydrogen) atoms. The highest BCUT2D eigenvalue weighted by atomic mass is 35.7. The molecule has 0 saturated carbocycles. The number of hydrogen-bond donors (Lipinski definition) is 1. The van der Waals surface area contributed by atoms with Crippen LogP contribution in [0.2, 0.25) is 5.02 Å². The average Bonchev–Trinajstić information content (AvgIpc) is 2.44. The van der Waals surface area contributed by atoms with E-state index in [0.717, 1.165) is 0 Å². The second kappa shape index (κ2) is 3.26. The van der Waals surface area contributed by atoms with Gasteiger partial charge in [0.05, 0.1) is 5.52 Å². The summed E-state index contributed by atoms with van der Waals surface area (Å²) in [7, 11) is 1.18. The van der Waals surface area contributed by atoms with Gasteiger partial charge < -0.3 is 4.42 Å². The van der Waals surface area contributed by atoms with Crippen LogP contribution >= 0.6 is 22.3 Å². The van der Waals surface area contributed by atoms with E-state index in [4.69, 9.17) is 22.3 Å². The largest absolute Gasteiger partial charge is 0.417 e. The normalized spacial score (nSPS) is 12.1. The first-order valence-corrected chi connectivity index (χ1v) is 6.34. The average molecular weight is 268 g/mol. The van der Waals surface area contributed by atoms with Crippen molar-refractivity contribution < 1.29 is 12.8 Å². The van der Waals surface area contributed by atoms with Crippen molar-refractivity contribution in [2.24, 2.45) is 0 Å². The van der Waals surface area contributed by atoms with Gasteiger partial charge in [0.2, 0.25) is 0 Å². The Morgan fingerprint density at radius 2 is 2.00 bits per heavy atom. The number of hydrogen-bond acceptors (Lipinski definition) is 4. The van der Waals surface area contributed by atoms with E-state index < -0.39 is 14.8 Å². The third kappa shape index (κ3) is 1.75. The van der Waals surface area contributed by atoms with Crippen LogP contribution in [0.25, 0.3) is 11.1 Å². The summed E-state index contributed by atoms with van der Waals surface area (Å²) in [4.78, 5) is 12.9. The molecule has 2 rings (SSSR count). The van der Waals surface area contributed by atoms with Gasteiger partial charge in [-0.1, -0.05) is 11.6 Å². The zero-order chi connectivity index (χ0) is 11.2. The molecule has 0 fully saturated rings. The van der Waals surface area contributed by atoms with Gasteiger partial charge in [-0.3, -0.25) is 4.98 Å². The van der Waals surface area contributed by atoms with Crippen LogP contribution in [-0.4, -0.2) is 13.4 Å². The number of aromatic amines is 1. The molecule has 1 N–H and O–H groups in total. The summed E-state index contributed by atoms with van der Waals surface area (Å²) in [6, 6.07) is 2.54. The quantitative estimate of drug-likeness (QED) is 0.798. The first kappa shape index (κ1) is 10.5. The first-order valence-electron chi connectivity index (χ1n) is 3.65. The van der Waals surface area contributed by atoms with Crippen LogP contribution < -0.4 is 5.76 Å². The van der Waals surface area contributed by atoms with E-state index in [0.29, 0.717) is 5.52 Å². The predicted octanol–water partition coefficient (Wildman–Crippen LogP) is 1.70. The van der Waals surface area contributed by atoms with E-state index in [1.807, 2.05) is 0 Å². The Balaban J connectivity index is 2.93. The monoisotopic (exact) mass is 267 g/mol. The highest BCUT2D eigenvalue weighted by Gasteiger charge is 2.19. The Bertz CT molecular complexity index is 685. The molecule has 5 nitrogen and oxygen atoms in total. The molecule has 0 bridgehead atoms. The predicted molar refractivity (Wildman–Crippen MR) is 54.9 cm³/mol. The standard InChI is InChI=1S/C7H3Cl2NO4S/c8-5-4(15(9,12)13)2-1-3-6(5)14-7(11)10-3/h1-2H,(H,10,11). The van der Waals surface area contributed by atoms with Crippen LogP contribution in [0.1, 0.15) is 0 Å². The summed E-state index contributed by atoms with van der Waals surface area (Å²) in [5, 5.41) is -0.208. The van der Waals surface area contributed by atoms with Crippen molar-refractivity contribution in [2.45, 2.75) is 4.90 Å². The zero-order valence-corrected chi connectivity index (χ0v) is 9.28. The number of oxazole rings is 1. The number of nitrogens with one attached hydrogen (secondary N) is 1. The Kier molecular flexibility index (Phi) is 2.29. The van der Waals surface area contributed by atoms with E-state index in [9.17, 15) is 13.2 Å². The van der Waals surface area contributed by atoms with Crippen molar-refractivity contribution in [2.75, 3.05) is 0 Å². The Morgan fingerprint density at radius 1 is 1.33 bits per heavy atom. The molecule has 0 amide bonds. The molecule has 0 aliphatic rings. The van der Waals surface area contributed by atoms with Crippen LogP contribution in [0.15, 0.2) is 26.2 Å². The number of aromatic nitrogens is 1. The van der Waals surface area contributed by atoms with Gasteiger partial charge in [-0.25, -0.2) is 13.2 Å². The van der Waals surface area contributed by atoms with Crippen LogP contribution in [0.5, 0.6) is 0 Å². The fourth-order valence-electron chi connectivity index (χ4n) is 1.15. The number of halogens is 2. The number of rotatable bonds is 1. The maximum atomic E-state index is 11.1. The molecule has 1 aromatic carbocycles. The van der Waals surface area contributed by atoms with Crippen LogP contribution in [-0.2, 0) is 9.05 Å². The molecular weight excluding hydrogens is 265 g/mol. The van der Waals surface area contributed by atoms with Gasteiger partial charge in [0.1, 0.15) is 9.92 Å². The molecule has 80 valence electrons. The fraction of sp³-hybridized carbons (Fsp3) is 0. The first-order chi connectivity index (χ1) is 6.89. The molecular formula is C7H3Cl2NO4S. The molecule has 0 unspecified atom stereocenters. The van der Waals surface area contributed by atoms with E-state index in [-0.39, 0.29) is 15.5 Å². The summed E-state index contributed by atoms with van der Waals surface area (Å²) in [5.74, 6) is -0.712. The van der Waals surface area contributed by atoms with E-state index >= 15 is 0 Å². The maximum absolute atomic E-state index is 11.1. The molecule has 1 heterocycles. The van der Waals surface area contributed by atoms with Crippen LogP contribution in [0.4, 0.5) is 0 Å². The van der Waals surface area contributed by atoms with E-state index in [1.54, 1.807) is 0 Å². The topological polar surface area (TPSA) is 80.1 Å². The van der Waals surface area contributed by atoms with Gasteiger partial charge in [0.25, 0.3) is 9.05 Å². The highest BCUT2D eigenvalue weighted by molar-refractivity contribution is 8.13. The van der Waals surface area contributed by atoms with Crippen molar-refractivity contribution in [3.63, 3.8) is 0 Å². The molecule has 0 aliphatic carbocycles. The third-order valence-corrected chi connectivity index (χ3v) is 3.61. The molecule has 8 heteroatoms. The molecule has 2 aromatic rings. The van der Waals surface area contributed by atoms with Crippen LogP contribution in [0.3, 0.4) is 0 Å².